The minimum Gasteiger partial charge on any atom is -0.508 e. The molecule has 0 fully saturated rings. The molecule has 0 aliphatic heterocycles. The third kappa shape index (κ3) is 6.56. The molecule has 5 nitrogen and oxygen atoms in total. The molecule has 0 aromatic heterocycles. The van der Waals surface area contributed by atoms with Gasteiger partial charge in [0.2, 0.25) is 0 Å². The van der Waals surface area contributed by atoms with Gasteiger partial charge in [-0.15, -0.1) is 0 Å². The van der Waals surface area contributed by atoms with Gasteiger partial charge >= 0.3 is 11.9 Å². The van der Waals surface area contributed by atoms with Crippen LogP contribution in [0.1, 0.15) is 79.2 Å². The molecule has 2 atom stereocenters. The van der Waals surface area contributed by atoms with Gasteiger partial charge in [0, 0.05) is 0 Å². The summed E-state index contributed by atoms with van der Waals surface area (Å²) >= 11 is 0. The number of carboxylic acid groups (broad SMARTS) is 1. The molecule has 0 saturated heterocycles. The first-order valence-electron chi connectivity index (χ1n) is 9.46. The van der Waals surface area contributed by atoms with Gasteiger partial charge in [-0.3, -0.25) is 9.59 Å². The Morgan fingerprint density at radius 3 is 1.93 bits per heavy atom. The molecule has 0 aliphatic rings. The van der Waals surface area contributed by atoms with Gasteiger partial charge < -0.3 is 14.9 Å². The number of carboxylic acids is 1. The van der Waals surface area contributed by atoms with Gasteiger partial charge in [0.15, 0.2) is 0 Å². The lowest BCUT2D eigenvalue weighted by atomic mass is 9.71. The highest BCUT2D eigenvalue weighted by molar-refractivity contribution is 5.77. The number of phenols is 1. The Morgan fingerprint density at radius 2 is 1.52 bits per heavy atom. The van der Waals surface area contributed by atoms with Crippen LogP contribution in [0.15, 0.2) is 24.3 Å². The van der Waals surface area contributed by atoms with Crippen LogP contribution in [0.2, 0.25) is 0 Å². The molecule has 2 N–H and O–H groups in total. The second-order valence-electron chi connectivity index (χ2n) is 9.30. The van der Waals surface area contributed by atoms with Crippen LogP contribution in [0.4, 0.5) is 0 Å². The monoisotopic (exact) mass is 378 g/mol. The summed E-state index contributed by atoms with van der Waals surface area (Å²) in [4.78, 5) is 24.5. The zero-order valence-electron chi connectivity index (χ0n) is 17.6. The number of hydrogen-bond donors (Lipinski definition) is 2. The average molecular weight is 379 g/mol. The van der Waals surface area contributed by atoms with Crippen molar-refractivity contribution in [3.63, 3.8) is 0 Å². The Hall–Kier alpha value is -2.04. The molecule has 0 bridgehead atoms. The van der Waals surface area contributed by atoms with Crippen molar-refractivity contribution in [2.24, 2.45) is 10.8 Å². The van der Waals surface area contributed by atoms with E-state index in [0.29, 0.717) is 19.3 Å². The molecular formula is C22H34O5. The summed E-state index contributed by atoms with van der Waals surface area (Å²) < 4.78 is 5.63. The van der Waals surface area contributed by atoms with Crippen LogP contribution < -0.4 is 0 Å². The number of carbonyl (C=O) groups excluding carboxylic acids is 1. The summed E-state index contributed by atoms with van der Waals surface area (Å²) in [5.74, 6) is -1.15. The van der Waals surface area contributed by atoms with E-state index in [9.17, 15) is 19.8 Å². The number of carbonyl (C=O) groups is 2. The Bertz CT molecular complexity index is 654. The number of aromatic hydroxyl groups is 1. The number of ether oxygens (including phenoxy) is 1. The summed E-state index contributed by atoms with van der Waals surface area (Å²) in [6, 6.07) is 6.77. The predicted molar refractivity (Wildman–Crippen MR) is 106 cm³/mol. The molecule has 2 unspecified atom stereocenters. The van der Waals surface area contributed by atoms with Crippen molar-refractivity contribution in [3.8, 4) is 5.75 Å². The van der Waals surface area contributed by atoms with E-state index < -0.39 is 22.4 Å². The lowest BCUT2D eigenvalue weighted by Gasteiger charge is -2.35. The van der Waals surface area contributed by atoms with Gasteiger partial charge in [0.1, 0.15) is 11.4 Å². The van der Waals surface area contributed by atoms with E-state index in [2.05, 4.69) is 0 Å². The van der Waals surface area contributed by atoms with Gasteiger partial charge in [-0.25, -0.2) is 0 Å². The highest BCUT2D eigenvalue weighted by atomic mass is 16.6. The fourth-order valence-corrected chi connectivity index (χ4v) is 3.07. The maximum atomic E-state index is 12.9. The molecule has 0 spiro atoms. The summed E-state index contributed by atoms with van der Waals surface area (Å²) in [5.41, 5.74) is -1.34. The lowest BCUT2D eigenvalue weighted by molar-refractivity contribution is -0.167. The number of rotatable bonds is 8. The minimum atomic E-state index is -0.939. The van der Waals surface area contributed by atoms with Crippen LogP contribution >= 0.6 is 0 Å². The molecule has 27 heavy (non-hydrogen) atoms. The van der Waals surface area contributed by atoms with Crippen molar-refractivity contribution < 1.29 is 24.5 Å². The SMILES string of the molecule is CCC(C)(CC(CC(C)(C)C(=O)O)c1ccc(O)cc1)C(=O)OC(C)(C)C. The number of benzene rings is 1. The predicted octanol–water partition coefficient (Wildman–Crippen LogP) is 5.12. The van der Waals surface area contributed by atoms with Gasteiger partial charge in [-0.2, -0.15) is 0 Å². The van der Waals surface area contributed by atoms with E-state index in [1.807, 2.05) is 34.6 Å². The van der Waals surface area contributed by atoms with E-state index in [1.54, 1.807) is 38.1 Å². The number of phenolic OH excluding ortho intramolecular Hbond substituents is 1. The van der Waals surface area contributed by atoms with Crippen molar-refractivity contribution in [1.82, 2.24) is 0 Å². The summed E-state index contributed by atoms with van der Waals surface area (Å²) in [5, 5.41) is 19.2. The van der Waals surface area contributed by atoms with Gasteiger partial charge in [-0.1, -0.05) is 19.1 Å². The van der Waals surface area contributed by atoms with Crippen LogP contribution in [0.5, 0.6) is 5.75 Å². The molecule has 0 saturated carbocycles. The molecule has 1 aromatic carbocycles. The lowest BCUT2D eigenvalue weighted by Crippen LogP contribution is -2.37. The smallest absolute Gasteiger partial charge is 0.312 e. The van der Waals surface area contributed by atoms with E-state index in [-0.39, 0.29) is 17.6 Å². The minimum absolute atomic E-state index is 0.153. The Labute approximate surface area is 162 Å². The molecule has 1 rings (SSSR count). The maximum Gasteiger partial charge on any atom is 0.312 e. The summed E-state index contributed by atoms with van der Waals surface area (Å²) in [6.45, 7) is 12.7. The quantitative estimate of drug-likeness (QED) is 0.613. The fourth-order valence-electron chi connectivity index (χ4n) is 3.07. The first kappa shape index (κ1) is 23.0. The molecule has 1 aromatic rings. The normalized spacial score (nSPS) is 15.7. The van der Waals surface area contributed by atoms with Gasteiger partial charge in [0.25, 0.3) is 0 Å². The first-order chi connectivity index (χ1) is 12.2. The second kappa shape index (κ2) is 8.32. The molecule has 0 radical (unpaired) electrons. The van der Waals surface area contributed by atoms with E-state index in [1.165, 1.54) is 0 Å². The third-order valence-electron chi connectivity index (χ3n) is 5.07. The Morgan fingerprint density at radius 1 is 1.00 bits per heavy atom. The zero-order chi connectivity index (χ0) is 21.0. The molecule has 0 heterocycles. The van der Waals surface area contributed by atoms with Crippen molar-refractivity contribution in [2.45, 2.75) is 79.2 Å². The first-order valence-corrected chi connectivity index (χ1v) is 9.46. The topological polar surface area (TPSA) is 83.8 Å². The molecule has 5 heteroatoms. The highest BCUT2D eigenvalue weighted by Crippen LogP contribution is 2.42. The number of esters is 1. The van der Waals surface area contributed by atoms with Gasteiger partial charge in [0.05, 0.1) is 10.8 Å². The van der Waals surface area contributed by atoms with Crippen LogP contribution in [-0.4, -0.2) is 27.8 Å². The Balaban J connectivity index is 3.22. The van der Waals surface area contributed by atoms with Crippen LogP contribution in [0.25, 0.3) is 0 Å². The molecular weight excluding hydrogens is 344 g/mol. The largest absolute Gasteiger partial charge is 0.508 e. The average Bonchev–Trinajstić information content (AvgIpc) is 2.52. The number of hydrogen-bond acceptors (Lipinski definition) is 4. The second-order valence-corrected chi connectivity index (χ2v) is 9.30. The van der Waals surface area contributed by atoms with Crippen LogP contribution in [0.3, 0.4) is 0 Å². The van der Waals surface area contributed by atoms with E-state index >= 15 is 0 Å². The zero-order valence-corrected chi connectivity index (χ0v) is 17.6. The summed E-state index contributed by atoms with van der Waals surface area (Å²) in [7, 11) is 0. The van der Waals surface area contributed by atoms with Crippen molar-refractivity contribution in [3.05, 3.63) is 29.8 Å². The van der Waals surface area contributed by atoms with Crippen molar-refractivity contribution >= 4 is 11.9 Å². The van der Waals surface area contributed by atoms with E-state index in [0.717, 1.165) is 5.56 Å². The molecule has 0 amide bonds. The maximum absolute atomic E-state index is 12.9. The van der Waals surface area contributed by atoms with Gasteiger partial charge in [-0.05, 0) is 84.4 Å². The van der Waals surface area contributed by atoms with E-state index in [4.69, 9.17) is 4.74 Å². The van der Waals surface area contributed by atoms with Crippen LogP contribution in [-0.2, 0) is 14.3 Å². The summed E-state index contributed by atoms with van der Waals surface area (Å²) in [6.07, 6.45) is 1.44. The molecule has 0 aliphatic carbocycles. The highest BCUT2D eigenvalue weighted by Gasteiger charge is 2.40. The molecule has 152 valence electrons. The van der Waals surface area contributed by atoms with Crippen molar-refractivity contribution in [2.75, 3.05) is 0 Å². The fraction of sp³-hybridized carbons (Fsp3) is 0.636. The Kier molecular flexibility index (Phi) is 7.09. The standard InChI is InChI=1S/C22H34O5/c1-8-22(7,19(26)27-20(2,3)4)14-16(13-21(5,6)18(24)25)15-9-11-17(23)12-10-15/h9-12,16,23H,8,13-14H2,1-7H3,(H,24,25). The number of aliphatic carboxylic acids is 1. The third-order valence-corrected chi connectivity index (χ3v) is 5.07. The van der Waals surface area contributed by atoms with Crippen LogP contribution in [0, 0.1) is 10.8 Å². The van der Waals surface area contributed by atoms with Crippen molar-refractivity contribution in [1.29, 1.82) is 0 Å².